The molecule has 0 spiro atoms. The van der Waals surface area contributed by atoms with Crippen LogP contribution in [0.1, 0.15) is 5.56 Å². The number of hydrogen-bond donors (Lipinski definition) is 2. The molecular weight excluding hydrogens is 348 g/mol. The minimum Gasteiger partial charge on any atom is -0.507 e. The molecule has 0 aromatic heterocycles. The van der Waals surface area contributed by atoms with E-state index in [-0.39, 0.29) is 11.4 Å². The first-order valence-electron chi connectivity index (χ1n) is 5.62. The van der Waals surface area contributed by atoms with E-state index in [1.807, 2.05) is 0 Å². The zero-order valence-electron chi connectivity index (χ0n) is 10.1. The number of nitro benzene ring substituents is 1. The highest BCUT2D eigenvalue weighted by molar-refractivity contribution is 9.10. The van der Waals surface area contributed by atoms with Crippen LogP contribution in [0.3, 0.4) is 0 Å². The van der Waals surface area contributed by atoms with E-state index in [0.717, 1.165) is 5.56 Å². The van der Waals surface area contributed by atoms with E-state index in [9.17, 15) is 15.2 Å². The first-order chi connectivity index (χ1) is 9.47. The van der Waals surface area contributed by atoms with Crippen molar-refractivity contribution in [2.75, 3.05) is 5.32 Å². The number of benzene rings is 2. The number of phenols is 1. The zero-order chi connectivity index (χ0) is 14.7. The topological polar surface area (TPSA) is 75.4 Å². The number of phenolic OH excluding ortho intramolecular Hbond substituents is 1. The molecule has 0 amide bonds. The average Bonchev–Trinajstić information content (AvgIpc) is 2.41. The Hall–Kier alpha value is -1.79. The molecular formula is C13H10BrClN2O3. The lowest BCUT2D eigenvalue weighted by Gasteiger charge is -2.08. The minimum atomic E-state index is -0.485. The van der Waals surface area contributed by atoms with Crippen molar-refractivity contribution in [1.82, 2.24) is 0 Å². The molecule has 0 heterocycles. The molecule has 2 aromatic rings. The maximum atomic E-state index is 11.0. The molecule has 5 nitrogen and oxygen atoms in total. The van der Waals surface area contributed by atoms with E-state index in [0.29, 0.717) is 21.7 Å². The second kappa shape index (κ2) is 6.11. The summed E-state index contributed by atoms with van der Waals surface area (Å²) in [4.78, 5) is 10.5. The molecule has 0 aliphatic rings. The summed E-state index contributed by atoms with van der Waals surface area (Å²) in [6.07, 6.45) is 0. The summed E-state index contributed by atoms with van der Waals surface area (Å²) in [5.74, 6) is 0.145. The lowest BCUT2D eigenvalue weighted by Crippen LogP contribution is -2.02. The van der Waals surface area contributed by atoms with Crippen LogP contribution >= 0.6 is 27.5 Å². The number of nitro groups is 1. The van der Waals surface area contributed by atoms with E-state index >= 15 is 0 Å². The molecule has 0 aliphatic carbocycles. The van der Waals surface area contributed by atoms with Crippen molar-refractivity contribution in [1.29, 1.82) is 0 Å². The predicted molar refractivity (Wildman–Crippen MR) is 81.2 cm³/mol. The highest BCUT2D eigenvalue weighted by atomic mass is 79.9. The van der Waals surface area contributed by atoms with Crippen molar-refractivity contribution in [3.8, 4) is 5.75 Å². The Balaban J connectivity index is 2.18. The third kappa shape index (κ3) is 3.40. The van der Waals surface area contributed by atoms with Crippen LogP contribution in [0.25, 0.3) is 0 Å². The lowest BCUT2D eigenvalue weighted by molar-refractivity contribution is -0.383. The largest absolute Gasteiger partial charge is 0.507 e. The molecule has 7 heteroatoms. The summed E-state index contributed by atoms with van der Waals surface area (Å²) in [6.45, 7) is 0.390. The molecule has 104 valence electrons. The first kappa shape index (κ1) is 14.6. The van der Waals surface area contributed by atoms with Crippen LogP contribution in [0.5, 0.6) is 5.75 Å². The summed E-state index contributed by atoms with van der Waals surface area (Å²) < 4.78 is 0.572. The number of nitrogens with one attached hydrogen (secondary N) is 1. The summed E-state index contributed by atoms with van der Waals surface area (Å²) in [7, 11) is 0. The standard InChI is InChI=1S/C13H10BrClN2O3/c14-10-5-8(1-4-13(10)18)7-16-11-3-2-9(15)6-12(11)17(19)20/h1-6,16,18H,7H2. The molecule has 0 bridgehead atoms. The number of hydrogen-bond acceptors (Lipinski definition) is 4. The number of anilines is 1. The van der Waals surface area contributed by atoms with Crippen molar-refractivity contribution in [3.05, 3.63) is 61.6 Å². The van der Waals surface area contributed by atoms with Gasteiger partial charge in [-0.2, -0.15) is 0 Å². The van der Waals surface area contributed by atoms with Crippen molar-refractivity contribution in [2.24, 2.45) is 0 Å². The van der Waals surface area contributed by atoms with Gasteiger partial charge in [-0.3, -0.25) is 10.1 Å². The van der Waals surface area contributed by atoms with Gasteiger partial charge in [0.1, 0.15) is 11.4 Å². The number of nitrogens with zero attached hydrogens (tertiary/aromatic N) is 1. The van der Waals surface area contributed by atoms with Gasteiger partial charge in [0.2, 0.25) is 0 Å². The van der Waals surface area contributed by atoms with Crippen LogP contribution in [-0.4, -0.2) is 10.0 Å². The second-order valence-electron chi connectivity index (χ2n) is 4.06. The van der Waals surface area contributed by atoms with Crippen molar-refractivity contribution < 1.29 is 10.0 Å². The molecule has 0 saturated carbocycles. The maximum Gasteiger partial charge on any atom is 0.293 e. The number of halogens is 2. The summed E-state index contributed by atoms with van der Waals surface area (Å²) in [5, 5.41) is 23.7. The van der Waals surface area contributed by atoms with E-state index < -0.39 is 4.92 Å². The van der Waals surface area contributed by atoms with Gasteiger partial charge in [-0.1, -0.05) is 17.7 Å². The third-order valence-electron chi connectivity index (χ3n) is 2.65. The van der Waals surface area contributed by atoms with Gasteiger partial charge in [-0.05, 0) is 45.8 Å². The highest BCUT2D eigenvalue weighted by Gasteiger charge is 2.14. The van der Waals surface area contributed by atoms with Crippen LogP contribution in [-0.2, 0) is 6.54 Å². The fourth-order valence-electron chi connectivity index (χ4n) is 1.66. The van der Waals surface area contributed by atoms with Gasteiger partial charge in [0.25, 0.3) is 5.69 Å². The van der Waals surface area contributed by atoms with Gasteiger partial charge >= 0.3 is 0 Å². The molecule has 2 rings (SSSR count). The lowest BCUT2D eigenvalue weighted by atomic mass is 10.2. The molecule has 0 saturated heterocycles. The average molecular weight is 358 g/mol. The van der Waals surface area contributed by atoms with Gasteiger partial charge in [-0.15, -0.1) is 0 Å². The fourth-order valence-corrected chi connectivity index (χ4v) is 2.26. The Morgan fingerprint density at radius 1 is 1.30 bits per heavy atom. The predicted octanol–water partition coefficient (Wildman–Crippen LogP) is 4.33. The molecule has 0 unspecified atom stereocenters. The fraction of sp³-hybridized carbons (Fsp3) is 0.0769. The quantitative estimate of drug-likeness (QED) is 0.631. The van der Waals surface area contributed by atoms with Gasteiger partial charge in [-0.25, -0.2) is 0 Å². The second-order valence-corrected chi connectivity index (χ2v) is 5.35. The smallest absolute Gasteiger partial charge is 0.293 e. The summed E-state index contributed by atoms with van der Waals surface area (Å²) in [5.41, 5.74) is 1.19. The van der Waals surface area contributed by atoms with E-state index in [4.69, 9.17) is 11.6 Å². The zero-order valence-corrected chi connectivity index (χ0v) is 12.5. The molecule has 20 heavy (non-hydrogen) atoms. The Morgan fingerprint density at radius 3 is 2.70 bits per heavy atom. The molecule has 0 atom stereocenters. The van der Waals surface area contributed by atoms with E-state index in [2.05, 4.69) is 21.2 Å². The Morgan fingerprint density at radius 2 is 2.05 bits per heavy atom. The van der Waals surface area contributed by atoms with Crippen molar-refractivity contribution in [3.63, 3.8) is 0 Å². The molecule has 2 aromatic carbocycles. The van der Waals surface area contributed by atoms with E-state index in [1.54, 1.807) is 30.3 Å². The Bertz CT molecular complexity index is 664. The monoisotopic (exact) mass is 356 g/mol. The summed E-state index contributed by atoms with van der Waals surface area (Å²) >= 11 is 8.97. The van der Waals surface area contributed by atoms with Crippen LogP contribution < -0.4 is 5.32 Å². The maximum absolute atomic E-state index is 11.0. The highest BCUT2D eigenvalue weighted by Crippen LogP contribution is 2.29. The van der Waals surface area contributed by atoms with Gasteiger partial charge in [0.05, 0.1) is 9.40 Å². The van der Waals surface area contributed by atoms with Crippen molar-refractivity contribution >= 4 is 38.9 Å². The Labute approximate surface area is 128 Å². The minimum absolute atomic E-state index is 0.0738. The summed E-state index contributed by atoms with van der Waals surface area (Å²) in [6, 6.07) is 9.48. The van der Waals surface area contributed by atoms with Crippen LogP contribution in [0, 0.1) is 10.1 Å². The van der Waals surface area contributed by atoms with Gasteiger partial charge < -0.3 is 10.4 Å². The number of rotatable bonds is 4. The molecule has 0 fully saturated rings. The SMILES string of the molecule is O=[N+]([O-])c1cc(Cl)ccc1NCc1ccc(O)c(Br)c1. The third-order valence-corrected chi connectivity index (χ3v) is 3.52. The van der Waals surface area contributed by atoms with Crippen LogP contribution in [0.15, 0.2) is 40.9 Å². The Kier molecular flexibility index (Phi) is 4.46. The first-order valence-corrected chi connectivity index (χ1v) is 6.79. The van der Waals surface area contributed by atoms with E-state index in [1.165, 1.54) is 6.07 Å². The molecule has 0 radical (unpaired) electrons. The molecule has 0 aliphatic heterocycles. The number of aromatic hydroxyl groups is 1. The molecule has 2 N–H and O–H groups in total. The van der Waals surface area contributed by atoms with Crippen LogP contribution in [0.4, 0.5) is 11.4 Å². The van der Waals surface area contributed by atoms with Crippen LogP contribution in [0.2, 0.25) is 5.02 Å². The van der Waals surface area contributed by atoms with Crippen molar-refractivity contribution in [2.45, 2.75) is 6.54 Å². The normalized spacial score (nSPS) is 10.3. The van der Waals surface area contributed by atoms with Gasteiger partial charge in [0.15, 0.2) is 0 Å². The van der Waals surface area contributed by atoms with Gasteiger partial charge in [0, 0.05) is 17.6 Å².